The molecule has 0 N–H and O–H groups in total. The highest BCUT2D eigenvalue weighted by Crippen LogP contribution is 2.27. The zero-order valence-electron chi connectivity index (χ0n) is 11.4. The van der Waals surface area contributed by atoms with Crippen molar-refractivity contribution in [3.05, 3.63) is 23.3 Å². The molecule has 0 saturated heterocycles. The van der Waals surface area contributed by atoms with Crippen LogP contribution in [0, 0.1) is 13.8 Å². The molecule has 0 unspecified atom stereocenters. The summed E-state index contributed by atoms with van der Waals surface area (Å²) in [5.74, 6) is 0.694. The summed E-state index contributed by atoms with van der Waals surface area (Å²) >= 11 is 0. The van der Waals surface area contributed by atoms with Crippen LogP contribution in [0.5, 0.6) is 5.75 Å². The van der Waals surface area contributed by atoms with Crippen LogP contribution in [0.2, 0.25) is 0 Å². The van der Waals surface area contributed by atoms with Crippen molar-refractivity contribution < 1.29 is 17.9 Å². The van der Waals surface area contributed by atoms with Gasteiger partial charge in [0.15, 0.2) is 0 Å². The molecule has 0 spiro atoms. The molecule has 6 heteroatoms. The third-order valence-electron chi connectivity index (χ3n) is 2.74. The number of ether oxygens (including phenoxy) is 2. The highest BCUT2D eigenvalue weighted by Gasteiger charge is 2.15. The molecule has 19 heavy (non-hydrogen) atoms. The van der Waals surface area contributed by atoms with Crippen LogP contribution < -0.4 is 4.74 Å². The Kier molecular flexibility index (Phi) is 6.10. The quantitative estimate of drug-likeness (QED) is 0.574. The first-order valence-corrected chi connectivity index (χ1v) is 8.35. The zero-order valence-corrected chi connectivity index (χ0v) is 13.0. The van der Waals surface area contributed by atoms with Crippen LogP contribution >= 0.6 is 10.7 Å². The largest absolute Gasteiger partial charge is 0.493 e. The van der Waals surface area contributed by atoms with E-state index in [1.165, 1.54) is 0 Å². The number of hydrogen-bond acceptors (Lipinski definition) is 4. The average molecular weight is 307 g/mol. The van der Waals surface area contributed by atoms with Crippen LogP contribution in [0.3, 0.4) is 0 Å². The maximum absolute atomic E-state index is 11.4. The van der Waals surface area contributed by atoms with E-state index in [-0.39, 0.29) is 4.90 Å². The van der Waals surface area contributed by atoms with Crippen LogP contribution in [0.25, 0.3) is 0 Å². The zero-order chi connectivity index (χ0) is 14.5. The summed E-state index contributed by atoms with van der Waals surface area (Å²) < 4.78 is 33.3. The fourth-order valence-corrected chi connectivity index (χ4v) is 2.97. The van der Waals surface area contributed by atoms with E-state index in [2.05, 4.69) is 0 Å². The lowest BCUT2D eigenvalue weighted by Gasteiger charge is -2.12. The molecular weight excluding hydrogens is 288 g/mol. The van der Waals surface area contributed by atoms with E-state index in [1.54, 1.807) is 33.1 Å². The van der Waals surface area contributed by atoms with Gasteiger partial charge in [-0.2, -0.15) is 0 Å². The van der Waals surface area contributed by atoms with Gasteiger partial charge in [0.25, 0.3) is 9.05 Å². The van der Waals surface area contributed by atoms with Crippen molar-refractivity contribution in [2.75, 3.05) is 20.3 Å². The fraction of sp³-hybridized carbons (Fsp3) is 0.538. The van der Waals surface area contributed by atoms with Gasteiger partial charge in [-0.15, -0.1) is 0 Å². The number of aryl methyl sites for hydroxylation is 2. The lowest BCUT2D eigenvalue weighted by molar-refractivity contribution is 0.184. The van der Waals surface area contributed by atoms with E-state index in [1.807, 2.05) is 0 Å². The topological polar surface area (TPSA) is 52.6 Å². The van der Waals surface area contributed by atoms with Crippen LogP contribution in [0.1, 0.15) is 24.0 Å². The molecule has 0 atom stereocenters. The predicted molar refractivity (Wildman–Crippen MR) is 75.6 cm³/mol. The summed E-state index contributed by atoms with van der Waals surface area (Å²) in [6.45, 7) is 4.80. The summed E-state index contributed by atoms with van der Waals surface area (Å²) in [6, 6.07) is 3.25. The highest BCUT2D eigenvalue weighted by molar-refractivity contribution is 8.13. The van der Waals surface area contributed by atoms with Crippen molar-refractivity contribution in [1.29, 1.82) is 0 Å². The van der Waals surface area contributed by atoms with Crippen LogP contribution in [0.15, 0.2) is 17.0 Å². The van der Waals surface area contributed by atoms with Gasteiger partial charge in [-0.1, -0.05) is 0 Å². The van der Waals surface area contributed by atoms with Crippen molar-refractivity contribution in [3.63, 3.8) is 0 Å². The van der Waals surface area contributed by atoms with Gasteiger partial charge in [0.05, 0.1) is 11.5 Å². The van der Waals surface area contributed by atoms with Gasteiger partial charge >= 0.3 is 0 Å². The molecule has 0 aliphatic heterocycles. The van der Waals surface area contributed by atoms with E-state index in [4.69, 9.17) is 20.2 Å². The Morgan fingerprint density at radius 1 is 1.11 bits per heavy atom. The first-order chi connectivity index (χ1) is 8.86. The Balaban J connectivity index is 2.74. The van der Waals surface area contributed by atoms with Crippen molar-refractivity contribution in [2.24, 2.45) is 0 Å². The fourth-order valence-electron chi connectivity index (χ4n) is 1.71. The highest BCUT2D eigenvalue weighted by atomic mass is 35.7. The molecule has 0 heterocycles. The Hall–Kier alpha value is -0.780. The molecule has 0 amide bonds. The summed E-state index contributed by atoms with van der Waals surface area (Å²) in [5, 5.41) is 0. The molecule has 0 aliphatic rings. The second-order valence-corrected chi connectivity index (χ2v) is 6.90. The maximum Gasteiger partial charge on any atom is 0.261 e. The van der Waals surface area contributed by atoms with E-state index < -0.39 is 9.05 Å². The van der Waals surface area contributed by atoms with Crippen LogP contribution in [-0.2, 0) is 13.8 Å². The molecule has 0 bridgehead atoms. The van der Waals surface area contributed by atoms with Crippen molar-refractivity contribution in [1.82, 2.24) is 0 Å². The monoisotopic (exact) mass is 306 g/mol. The molecule has 0 radical (unpaired) electrons. The molecule has 0 saturated carbocycles. The second kappa shape index (κ2) is 7.12. The molecule has 0 aromatic heterocycles. The van der Waals surface area contributed by atoms with Gasteiger partial charge in [-0.3, -0.25) is 0 Å². The molecule has 1 aromatic rings. The number of halogens is 1. The lowest BCUT2D eigenvalue weighted by Crippen LogP contribution is -2.03. The Morgan fingerprint density at radius 3 is 2.32 bits per heavy atom. The SMILES string of the molecule is COCCCCOc1cc(C)c(S(=O)(=O)Cl)cc1C. The van der Waals surface area contributed by atoms with Gasteiger partial charge in [-0.25, -0.2) is 8.42 Å². The standard InChI is InChI=1S/C13H19ClO4S/c1-10-9-13(19(14,15)16)11(2)8-12(10)18-7-5-4-6-17-3/h8-9H,4-7H2,1-3H3. The number of hydrogen-bond donors (Lipinski definition) is 0. The van der Waals surface area contributed by atoms with Gasteiger partial charge in [-0.05, 0) is 49.9 Å². The van der Waals surface area contributed by atoms with E-state index in [0.29, 0.717) is 24.5 Å². The third kappa shape index (κ3) is 5.01. The summed E-state index contributed by atoms with van der Waals surface area (Å²) in [4.78, 5) is 0.137. The molecule has 1 aromatic carbocycles. The summed E-state index contributed by atoms with van der Waals surface area (Å²) in [6.07, 6.45) is 1.82. The second-order valence-electron chi connectivity index (χ2n) is 4.37. The lowest BCUT2D eigenvalue weighted by atomic mass is 10.1. The van der Waals surface area contributed by atoms with E-state index in [0.717, 1.165) is 18.4 Å². The number of unbranched alkanes of at least 4 members (excludes halogenated alkanes) is 1. The van der Waals surface area contributed by atoms with Crippen molar-refractivity contribution >= 4 is 19.7 Å². The number of rotatable bonds is 7. The first-order valence-electron chi connectivity index (χ1n) is 6.04. The number of methoxy groups -OCH3 is 1. The van der Waals surface area contributed by atoms with Gasteiger partial charge in [0.1, 0.15) is 5.75 Å². The minimum absolute atomic E-state index is 0.137. The van der Waals surface area contributed by atoms with Gasteiger partial charge < -0.3 is 9.47 Å². The summed E-state index contributed by atoms with van der Waals surface area (Å²) in [5.41, 5.74) is 1.35. The predicted octanol–water partition coefficient (Wildman–Crippen LogP) is 3.04. The Labute approximate surface area is 119 Å². The minimum Gasteiger partial charge on any atom is -0.493 e. The van der Waals surface area contributed by atoms with Gasteiger partial charge in [0.2, 0.25) is 0 Å². The van der Waals surface area contributed by atoms with Crippen molar-refractivity contribution in [3.8, 4) is 5.75 Å². The van der Waals surface area contributed by atoms with Gasteiger partial charge in [0, 0.05) is 24.4 Å². The molecule has 0 fully saturated rings. The molecule has 108 valence electrons. The van der Waals surface area contributed by atoms with E-state index >= 15 is 0 Å². The third-order valence-corrected chi connectivity index (χ3v) is 4.20. The maximum atomic E-state index is 11.4. The normalized spacial score (nSPS) is 11.6. The van der Waals surface area contributed by atoms with Crippen LogP contribution in [0.4, 0.5) is 0 Å². The minimum atomic E-state index is -3.71. The molecule has 0 aliphatic carbocycles. The summed E-state index contributed by atoms with van der Waals surface area (Å²) in [7, 11) is 3.33. The Bertz CT molecular complexity index is 526. The molecule has 1 rings (SSSR count). The van der Waals surface area contributed by atoms with Crippen LogP contribution in [-0.4, -0.2) is 28.7 Å². The molecular formula is C13H19ClO4S. The first kappa shape index (κ1) is 16.3. The smallest absolute Gasteiger partial charge is 0.261 e. The average Bonchev–Trinajstić information content (AvgIpc) is 2.31. The van der Waals surface area contributed by atoms with E-state index in [9.17, 15) is 8.42 Å². The van der Waals surface area contributed by atoms with Crippen molar-refractivity contribution in [2.45, 2.75) is 31.6 Å². The number of benzene rings is 1. The molecule has 4 nitrogen and oxygen atoms in total. The Morgan fingerprint density at radius 2 is 1.74 bits per heavy atom.